The van der Waals surface area contributed by atoms with E-state index in [0.29, 0.717) is 36.5 Å². The molecular weight excluding hydrogens is 490 g/mol. The number of halogens is 1. The van der Waals surface area contributed by atoms with E-state index in [0.717, 1.165) is 43.1 Å². The van der Waals surface area contributed by atoms with Crippen LogP contribution in [0.1, 0.15) is 59.8 Å². The Labute approximate surface area is 224 Å². The van der Waals surface area contributed by atoms with Gasteiger partial charge in [-0.3, -0.25) is 19.3 Å². The third-order valence-corrected chi connectivity index (χ3v) is 7.83. The van der Waals surface area contributed by atoms with E-state index in [1.165, 1.54) is 5.56 Å². The second-order valence-electron chi connectivity index (χ2n) is 10.1. The number of benzene rings is 1. The molecule has 0 unspecified atom stereocenters. The van der Waals surface area contributed by atoms with Crippen LogP contribution in [0, 0.1) is 13.8 Å². The number of amides is 3. The standard InChI is InChI=1S/C28H36ClN5O3/c1-5-32(4)28(37)21-15-19(3)30-25(16-21)31-27(36)24-8-9-26(35)34(24)22-10-12-33(13-11-22)17-20-6-7-23(29)18(2)14-20/h6-7,14-16,22,24H,5,8-13,17H2,1-4H3,(H,30,31,36)/t24-/m1/s1. The van der Waals surface area contributed by atoms with Crippen LogP contribution in [0.3, 0.4) is 0 Å². The van der Waals surface area contributed by atoms with Gasteiger partial charge in [-0.2, -0.15) is 0 Å². The van der Waals surface area contributed by atoms with Gasteiger partial charge in [-0.1, -0.05) is 23.7 Å². The molecule has 37 heavy (non-hydrogen) atoms. The zero-order valence-electron chi connectivity index (χ0n) is 22.1. The Hall–Kier alpha value is -2.97. The van der Waals surface area contributed by atoms with Crippen molar-refractivity contribution in [2.75, 3.05) is 32.0 Å². The minimum Gasteiger partial charge on any atom is -0.342 e. The van der Waals surface area contributed by atoms with Gasteiger partial charge < -0.3 is 15.1 Å². The molecule has 0 spiro atoms. The van der Waals surface area contributed by atoms with E-state index in [9.17, 15) is 14.4 Å². The topological polar surface area (TPSA) is 85.8 Å². The molecular formula is C28H36ClN5O3. The third kappa shape index (κ3) is 6.30. The summed E-state index contributed by atoms with van der Waals surface area (Å²) in [4.78, 5) is 49.0. The monoisotopic (exact) mass is 525 g/mol. The van der Waals surface area contributed by atoms with Crippen LogP contribution in [0.5, 0.6) is 0 Å². The highest BCUT2D eigenvalue weighted by Gasteiger charge is 2.41. The molecule has 2 aliphatic heterocycles. The molecule has 198 valence electrons. The maximum Gasteiger partial charge on any atom is 0.253 e. The van der Waals surface area contributed by atoms with E-state index in [1.54, 1.807) is 35.9 Å². The highest BCUT2D eigenvalue weighted by Crippen LogP contribution is 2.29. The number of piperidine rings is 1. The minimum atomic E-state index is -0.525. The van der Waals surface area contributed by atoms with Crippen molar-refractivity contribution in [2.24, 2.45) is 0 Å². The molecule has 9 heteroatoms. The average molecular weight is 526 g/mol. The Morgan fingerprint density at radius 3 is 2.54 bits per heavy atom. The second-order valence-corrected chi connectivity index (χ2v) is 10.5. The fourth-order valence-corrected chi connectivity index (χ4v) is 5.38. The van der Waals surface area contributed by atoms with Crippen molar-refractivity contribution in [1.82, 2.24) is 19.7 Å². The van der Waals surface area contributed by atoms with Gasteiger partial charge in [0.1, 0.15) is 11.9 Å². The third-order valence-electron chi connectivity index (χ3n) is 7.41. The van der Waals surface area contributed by atoms with Gasteiger partial charge in [-0.25, -0.2) is 4.98 Å². The summed E-state index contributed by atoms with van der Waals surface area (Å²) in [6.07, 6.45) is 2.51. The van der Waals surface area contributed by atoms with E-state index in [-0.39, 0.29) is 23.8 Å². The van der Waals surface area contributed by atoms with Crippen LogP contribution in [0.15, 0.2) is 30.3 Å². The van der Waals surface area contributed by atoms with Crippen LogP contribution in [-0.2, 0) is 16.1 Å². The van der Waals surface area contributed by atoms with Gasteiger partial charge in [-0.15, -0.1) is 0 Å². The lowest BCUT2D eigenvalue weighted by Crippen LogP contribution is -2.51. The van der Waals surface area contributed by atoms with E-state index < -0.39 is 6.04 Å². The lowest BCUT2D eigenvalue weighted by Gasteiger charge is -2.39. The zero-order valence-corrected chi connectivity index (χ0v) is 22.8. The van der Waals surface area contributed by atoms with Gasteiger partial charge in [0, 0.05) is 62.0 Å². The molecule has 2 saturated heterocycles. The van der Waals surface area contributed by atoms with Gasteiger partial charge in [0.25, 0.3) is 5.91 Å². The lowest BCUT2D eigenvalue weighted by molar-refractivity contribution is -0.136. The molecule has 0 bridgehead atoms. The smallest absolute Gasteiger partial charge is 0.253 e. The van der Waals surface area contributed by atoms with Crippen molar-refractivity contribution in [2.45, 2.75) is 65.1 Å². The summed E-state index contributed by atoms with van der Waals surface area (Å²) in [6, 6.07) is 8.96. The number of likely N-dealkylation sites (tertiary alicyclic amines) is 2. The SMILES string of the molecule is CCN(C)C(=O)c1cc(C)nc(NC(=O)[C@H]2CCC(=O)N2C2CCN(Cc3ccc(Cl)c(C)c3)CC2)c1. The quantitative estimate of drug-likeness (QED) is 0.589. The van der Waals surface area contributed by atoms with Gasteiger partial charge in [0.2, 0.25) is 11.8 Å². The summed E-state index contributed by atoms with van der Waals surface area (Å²) >= 11 is 6.16. The highest BCUT2D eigenvalue weighted by molar-refractivity contribution is 6.31. The predicted molar refractivity (Wildman–Crippen MR) is 145 cm³/mol. The van der Waals surface area contributed by atoms with Gasteiger partial charge in [0.05, 0.1) is 0 Å². The molecule has 0 radical (unpaired) electrons. The first-order chi connectivity index (χ1) is 17.7. The summed E-state index contributed by atoms with van der Waals surface area (Å²) in [5.74, 6) is 0.00162. The van der Waals surface area contributed by atoms with Crippen LogP contribution in [0.25, 0.3) is 0 Å². The number of aromatic nitrogens is 1. The Balaban J connectivity index is 1.39. The number of carbonyl (C=O) groups is 3. The molecule has 2 fully saturated rings. The normalized spacial score (nSPS) is 18.8. The zero-order chi connectivity index (χ0) is 26.7. The Kier molecular flexibility index (Phi) is 8.49. The minimum absolute atomic E-state index is 0.0320. The summed E-state index contributed by atoms with van der Waals surface area (Å²) in [5, 5.41) is 3.66. The first-order valence-electron chi connectivity index (χ1n) is 13.0. The summed E-state index contributed by atoms with van der Waals surface area (Å²) < 4.78 is 0. The van der Waals surface area contributed by atoms with Crippen molar-refractivity contribution >= 4 is 35.1 Å². The lowest BCUT2D eigenvalue weighted by atomic mass is 10.0. The number of anilines is 1. The number of aryl methyl sites for hydroxylation is 2. The number of nitrogens with one attached hydrogen (secondary N) is 1. The van der Waals surface area contributed by atoms with E-state index >= 15 is 0 Å². The Bertz CT molecular complexity index is 1180. The molecule has 1 aromatic carbocycles. The molecule has 8 nitrogen and oxygen atoms in total. The van der Waals surface area contributed by atoms with Gasteiger partial charge >= 0.3 is 0 Å². The average Bonchev–Trinajstić information content (AvgIpc) is 3.27. The first-order valence-corrected chi connectivity index (χ1v) is 13.4. The molecule has 2 aliphatic rings. The van der Waals surface area contributed by atoms with E-state index in [2.05, 4.69) is 27.3 Å². The fourth-order valence-electron chi connectivity index (χ4n) is 5.27. The van der Waals surface area contributed by atoms with Crippen molar-refractivity contribution in [1.29, 1.82) is 0 Å². The van der Waals surface area contributed by atoms with Crippen LogP contribution in [0.2, 0.25) is 5.02 Å². The number of hydrogen-bond acceptors (Lipinski definition) is 5. The number of rotatable bonds is 7. The fraction of sp³-hybridized carbons (Fsp3) is 0.500. The van der Waals surface area contributed by atoms with E-state index in [1.807, 2.05) is 19.9 Å². The molecule has 3 amide bonds. The summed E-state index contributed by atoms with van der Waals surface area (Å²) in [5.41, 5.74) is 3.43. The number of hydrogen-bond donors (Lipinski definition) is 1. The van der Waals surface area contributed by atoms with Crippen LogP contribution >= 0.6 is 11.6 Å². The maximum atomic E-state index is 13.3. The molecule has 0 aliphatic carbocycles. The molecule has 3 heterocycles. The number of carbonyl (C=O) groups excluding carboxylic acids is 3. The molecule has 2 aromatic rings. The van der Waals surface area contributed by atoms with Crippen LogP contribution in [0.4, 0.5) is 5.82 Å². The summed E-state index contributed by atoms with van der Waals surface area (Å²) in [6.45, 7) is 8.86. The number of pyridine rings is 1. The van der Waals surface area contributed by atoms with Crippen LogP contribution < -0.4 is 5.32 Å². The Morgan fingerprint density at radius 1 is 1.14 bits per heavy atom. The molecule has 4 rings (SSSR count). The highest BCUT2D eigenvalue weighted by atomic mass is 35.5. The molecule has 1 aromatic heterocycles. The van der Waals surface area contributed by atoms with Gasteiger partial charge in [0.15, 0.2) is 0 Å². The van der Waals surface area contributed by atoms with Gasteiger partial charge in [-0.05, 0) is 69.4 Å². The largest absolute Gasteiger partial charge is 0.342 e. The molecule has 1 atom stereocenters. The van der Waals surface area contributed by atoms with Crippen molar-refractivity contribution in [3.63, 3.8) is 0 Å². The molecule has 1 N–H and O–H groups in total. The second kappa shape index (κ2) is 11.6. The van der Waals surface area contributed by atoms with Crippen LogP contribution in [-0.4, -0.2) is 76.2 Å². The van der Waals surface area contributed by atoms with Crippen molar-refractivity contribution in [3.05, 3.63) is 57.7 Å². The molecule has 0 saturated carbocycles. The van der Waals surface area contributed by atoms with Crippen molar-refractivity contribution < 1.29 is 14.4 Å². The maximum absolute atomic E-state index is 13.3. The first kappa shape index (κ1) is 27.1. The summed E-state index contributed by atoms with van der Waals surface area (Å²) in [7, 11) is 1.74. The Morgan fingerprint density at radius 2 is 1.86 bits per heavy atom. The van der Waals surface area contributed by atoms with E-state index in [4.69, 9.17) is 11.6 Å². The van der Waals surface area contributed by atoms with Crippen molar-refractivity contribution in [3.8, 4) is 0 Å². The number of nitrogens with zero attached hydrogens (tertiary/aromatic N) is 4. The predicted octanol–water partition coefficient (Wildman–Crippen LogP) is 4.04.